The van der Waals surface area contributed by atoms with Crippen molar-refractivity contribution in [2.24, 2.45) is 0 Å². The van der Waals surface area contributed by atoms with Gasteiger partial charge in [-0.15, -0.1) is 17.9 Å². The predicted molar refractivity (Wildman–Crippen MR) is 121 cm³/mol. The molecule has 1 amide bonds. The van der Waals surface area contributed by atoms with Crippen LogP contribution in [0, 0.1) is 25.2 Å². The van der Waals surface area contributed by atoms with E-state index in [1.165, 1.54) is 10.6 Å². The van der Waals surface area contributed by atoms with Gasteiger partial charge in [-0.3, -0.25) is 14.2 Å². The smallest absolute Gasteiger partial charge is 0.273 e. The van der Waals surface area contributed by atoms with Crippen molar-refractivity contribution < 1.29 is 4.79 Å². The van der Waals surface area contributed by atoms with Crippen LogP contribution in [0.3, 0.4) is 0 Å². The molecule has 30 heavy (non-hydrogen) atoms. The highest BCUT2D eigenvalue weighted by Crippen LogP contribution is 2.10. The predicted octanol–water partition coefficient (Wildman–Crippen LogP) is 2.32. The zero-order valence-corrected chi connectivity index (χ0v) is 17.6. The summed E-state index contributed by atoms with van der Waals surface area (Å²) >= 11 is 1.13. The first-order chi connectivity index (χ1) is 14.5. The monoisotopic (exact) mass is 415 g/mol. The standard InChI is InChI=1S/C24H21N3O2S/c1-4-12-26-22(28)19(15-25)24-27(20-11-6-5-9-17(20)3)23(29)21(30-24)14-18-10-7-8-16(2)13-18/h4-11,13-14H,1,12H2,2-3H3,(H,26,28)/b21-14-,24-19-. The second kappa shape index (κ2) is 9.21. The Morgan fingerprint density at radius 3 is 2.67 bits per heavy atom. The van der Waals surface area contributed by atoms with Gasteiger partial charge in [-0.2, -0.15) is 5.26 Å². The van der Waals surface area contributed by atoms with Crippen LogP contribution in [-0.2, 0) is 4.79 Å². The van der Waals surface area contributed by atoms with Crippen molar-refractivity contribution in [3.63, 3.8) is 0 Å². The van der Waals surface area contributed by atoms with Crippen molar-refractivity contribution >= 4 is 28.9 Å². The molecule has 0 aliphatic carbocycles. The zero-order chi connectivity index (χ0) is 21.7. The third-order valence-electron chi connectivity index (χ3n) is 4.48. The van der Waals surface area contributed by atoms with Gasteiger partial charge in [-0.05, 0) is 37.1 Å². The molecule has 1 N–H and O–H groups in total. The highest BCUT2D eigenvalue weighted by atomic mass is 32.1. The first-order valence-electron chi connectivity index (χ1n) is 9.36. The number of nitrogens with zero attached hydrogens (tertiary/aromatic N) is 2. The summed E-state index contributed by atoms with van der Waals surface area (Å²) in [4.78, 5) is 25.9. The number of hydrogen-bond donors (Lipinski definition) is 1. The molecular formula is C24H21N3O2S. The Labute approximate surface area is 178 Å². The van der Waals surface area contributed by atoms with E-state index in [4.69, 9.17) is 0 Å². The van der Waals surface area contributed by atoms with Crippen LogP contribution in [0.4, 0.5) is 0 Å². The Bertz CT molecular complexity index is 1340. The minimum Gasteiger partial charge on any atom is -0.348 e. The number of carbonyl (C=O) groups excluding carboxylic acids is 1. The number of amides is 1. The van der Waals surface area contributed by atoms with E-state index >= 15 is 0 Å². The second-order valence-corrected chi connectivity index (χ2v) is 7.77. The van der Waals surface area contributed by atoms with Crippen molar-refractivity contribution in [3.05, 3.63) is 97.4 Å². The molecule has 0 unspecified atom stereocenters. The van der Waals surface area contributed by atoms with E-state index in [1.54, 1.807) is 12.1 Å². The quantitative estimate of drug-likeness (QED) is 0.650. The fourth-order valence-corrected chi connectivity index (χ4v) is 4.14. The lowest BCUT2D eigenvalue weighted by Gasteiger charge is -2.07. The SMILES string of the molecule is C=CCNC(=O)/C(C#N)=c1\s/c(=C\c2cccc(C)c2)c(=O)n1-c1ccccc1C. The molecule has 3 aromatic rings. The summed E-state index contributed by atoms with van der Waals surface area (Å²) in [5.74, 6) is -0.539. The molecular weight excluding hydrogens is 394 g/mol. The number of nitriles is 1. The molecule has 0 radical (unpaired) electrons. The minimum absolute atomic E-state index is 0.105. The number of aryl methyl sites for hydroxylation is 2. The number of thiazole rings is 1. The van der Waals surface area contributed by atoms with E-state index in [9.17, 15) is 14.9 Å². The summed E-state index contributed by atoms with van der Waals surface area (Å²) in [6.45, 7) is 7.67. The maximum Gasteiger partial charge on any atom is 0.273 e. The van der Waals surface area contributed by atoms with Crippen LogP contribution in [0.2, 0.25) is 0 Å². The van der Waals surface area contributed by atoms with Crippen molar-refractivity contribution in [2.75, 3.05) is 6.54 Å². The minimum atomic E-state index is -0.539. The first kappa shape index (κ1) is 21.0. The van der Waals surface area contributed by atoms with Gasteiger partial charge >= 0.3 is 0 Å². The van der Waals surface area contributed by atoms with Crippen LogP contribution in [-0.4, -0.2) is 17.0 Å². The molecule has 150 valence electrons. The number of nitrogens with one attached hydrogen (secondary N) is 1. The van der Waals surface area contributed by atoms with E-state index in [1.807, 2.05) is 62.4 Å². The molecule has 3 rings (SSSR count). The maximum atomic E-state index is 13.4. The van der Waals surface area contributed by atoms with Gasteiger partial charge in [0.25, 0.3) is 11.5 Å². The normalized spacial score (nSPS) is 12.2. The van der Waals surface area contributed by atoms with E-state index in [0.717, 1.165) is 28.0 Å². The summed E-state index contributed by atoms with van der Waals surface area (Å²) in [5, 5.41) is 12.3. The van der Waals surface area contributed by atoms with Crippen LogP contribution >= 0.6 is 11.3 Å². The third-order valence-corrected chi connectivity index (χ3v) is 5.57. The molecule has 0 spiro atoms. The topological polar surface area (TPSA) is 74.9 Å². The van der Waals surface area contributed by atoms with E-state index in [0.29, 0.717) is 14.9 Å². The highest BCUT2D eigenvalue weighted by molar-refractivity contribution is 7.07. The first-order valence-corrected chi connectivity index (χ1v) is 10.2. The fraction of sp³-hybridized carbons (Fsp3) is 0.125. The third kappa shape index (κ3) is 4.32. The lowest BCUT2D eigenvalue weighted by molar-refractivity contribution is -0.115. The average Bonchev–Trinajstić information content (AvgIpc) is 3.03. The van der Waals surface area contributed by atoms with E-state index in [2.05, 4.69) is 11.9 Å². The Balaban J connectivity index is 2.39. The van der Waals surface area contributed by atoms with Gasteiger partial charge in [0.2, 0.25) is 0 Å². The van der Waals surface area contributed by atoms with Crippen molar-refractivity contribution in [1.29, 1.82) is 5.26 Å². The van der Waals surface area contributed by atoms with E-state index in [-0.39, 0.29) is 17.7 Å². The molecule has 0 aliphatic rings. The molecule has 0 atom stereocenters. The van der Waals surface area contributed by atoms with Gasteiger partial charge in [0.05, 0.1) is 10.2 Å². The fourth-order valence-electron chi connectivity index (χ4n) is 3.04. The van der Waals surface area contributed by atoms with Crippen LogP contribution in [0.15, 0.2) is 66.0 Å². The molecule has 5 nitrogen and oxygen atoms in total. The molecule has 0 fully saturated rings. The number of para-hydroxylation sites is 1. The summed E-state index contributed by atoms with van der Waals surface area (Å²) in [6.07, 6.45) is 3.32. The van der Waals surface area contributed by atoms with Gasteiger partial charge in [0.1, 0.15) is 10.7 Å². The zero-order valence-electron chi connectivity index (χ0n) is 16.8. The van der Waals surface area contributed by atoms with Crippen LogP contribution in [0.25, 0.3) is 17.3 Å². The van der Waals surface area contributed by atoms with Crippen molar-refractivity contribution in [1.82, 2.24) is 9.88 Å². The number of aromatic nitrogens is 1. The molecule has 0 bridgehead atoms. The summed E-state index contributed by atoms with van der Waals surface area (Å²) in [6, 6.07) is 17.2. The van der Waals surface area contributed by atoms with Gasteiger partial charge in [0, 0.05) is 6.54 Å². The average molecular weight is 416 g/mol. The Hall–Kier alpha value is -3.69. The summed E-state index contributed by atoms with van der Waals surface area (Å²) < 4.78 is 2.20. The van der Waals surface area contributed by atoms with Crippen LogP contribution < -0.4 is 20.1 Å². The van der Waals surface area contributed by atoms with Gasteiger partial charge in [-0.1, -0.05) is 54.1 Å². The lowest BCUT2D eigenvalue weighted by atomic mass is 10.1. The maximum absolute atomic E-state index is 13.4. The Morgan fingerprint density at radius 2 is 2.00 bits per heavy atom. The van der Waals surface area contributed by atoms with Gasteiger partial charge in [-0.25, -0.2) is 0 Å². The Kier molecular flexibility index (Phi) is 6.45. The highest BCUT2D eigenvalue weighted by Gasteiger charge is 2.17. The molecule has 0 saturated heterocycles. The van der Waals surface area contributed by atoms with Crippen molar-refractivity contribution in [2.45, 2.75) is 13.8 Å². The van der Waals surface area contributed by atoms with Crippen LogP contribution in [0.5, 0.6) is 0 Å². The second-order valence-electron chi connectivity index (χ2n) is 6.74. The van der Waals surface area contributed by atoms with Gasteiger partial charge in [0.15, 0.2) is 5.57 Å². The lowest BCUT2D eigenvalue weighted by Crippen LogP contribution is -2.34. The number of hydrogen-bond acceptors (Lipinski definition) is 4. The largest absolute Gasteiger partial charge is 0.348 e. The van der Waals surface area contributed by atoms with Gasteiger partial charge < -0.3 is 5.32 Å². The Morgan fingerprint density at radius 1 is 1.23 bits per heavy atom. The molecule has 0 aliphatic heterocycles. The number of rotatable bonds is 5. The van der Waals surface area contributed by atoms with Crippen LogP contribution in [0.1, 0.15) is 16.7 Å². The molecule has 0 saturated carbocycles. The molecule has 1 heterocycles. The number of carbonyl (C=O) groups is 1. The van der Waals surface area contributed by atoms with Crippen molar-refractivity contribution in [3.8, 4) is 11.8 Å². The van der Waals surface area contributed by atoms with E-state index < -0.39 is 5.91 Å². The molecule has 2 aromatic carbocycles. The summed E-state index contributed by atoms with van der Waals surface area (Å²) in [7, 11) is 0. The number of benzene rings is 2. The molecule has 6 heteroatoms. The molecule has 1 aromatic heterocycles. The summed E-state index contributed by atoms with van der Waals surface area (Å²) in [5.41, 5.74) is 3.09.